The van der Waals surface area contributed by atoms with Gasteiger partial charge < -0.3 is 10.0 Å². The molecule has 0 bridgehead atoms. The number of piperidine rings is 1. The van der Waals surface area contributed by atoms with Gasteiger partial charge in [-0.2, -0.15) is 0 Å². The number of anilines is 1. The number of aryl methyl sites for hydroxylation is 2. The Kier molecular flexibility index (Phi) is 3.95. The van der Waals surface area contributed by atoms with E-state index in [0.29, 0.717) is 6.54 Å². The van der Waals surface area contributed by atoms with E-state index >= 15 is 0 Å². The van der Waals surface area contributed by atoms with Crippen LogP contribution in [0, 0.1) is 18.8 Å². The molecule has 0 amide bonds. The number of thiophene rings is 1. The summed E-state index contributed by atoms with van der Waals surface area (Å²) in [6.07, 6.45) is 5.10. The van der Waals surface area contributed by atoms with Crippen molar-refractivity contribution in [3.63, 3.8) is 0 Å². The molecule has 0 radical (unpaired) electrons. The summed E-state index contributed by atoms with van der Waals surface area (Å²) in [5.41, 5.74) is 1.42. The van der Waals surface area contributed by atoms with Gasteiger partial charge in [0.15, 0.2) is 0 Å². The summed E-state index contributed by atoms with van der Waals surface area (Å²) in [6.45, 7) is 5.69. The predicted octanol–water partition coefficient (Wildman–Crippen LogP) is 3.43. The maximum Gasteiger partial charge on any atom is 0.308 e. The van der Waals surface area contributed by atoms with Crippen molar-refractivity contribution < 1.29 is 9.90 Å². The second-order valence-corrected chi connectivity index (χ2v) is 8.33. The second-order valence-electron chi connectivity index (χ2n) is 7.25. The van der Waals surface area contributed by atoms with Gasteiger partial charge in [-0.15, -0.1) is 11.3 Å². The Labute approximate surface area is 145 Å². The zero-order valence-electron chi connectivity index (χ0n) is 14.2. The van der Waals surface area contributed by atoms with Gasteiger partial charge >= 0.3 is 5.97 Å². The first kappa shape index (κ1) is 15.8. The minimum atomic E-state index is -0.692. The Morgan fingerprint density at radius 1 is 1.33 bits per heavy atom. The fraction of sp³-hybridized carbons (Fsp3) is 0.611. The van der Waals surface area contributed by atoms with Crippen LogP contribution in [0.3, 0.4) is 0 Å². The lowest BCUT2D eigenvalue weighted by atomic mass is 9.89. The minimum Gasteiger partial charge on any atom is -0.481 e. The number of carbonyl (C=O) groups is 1. The number of aliphatic carboxylic acids is 1. The summed E-state index contributed by atoms with van der Waals surface area (Å²) in [5.74, 6) is 1.49. The standard InChI is InChI=1S/C18H23N3O2S/c1-10-5-6-13-14(8-10)24-17-15(13)16(19-11(2)20-17)21-7-3-4-12(9-21)18(22)23/h10,12H,3-9H2,1-2H3,(H,22,23). The average Bonchev–Trinajstić information content (AvgIpc) is 2.90. The van der Waals surface area contributed by atoms with Crippen molar-refractivity contribution in [3.05, 3.63) is 16.3 Å². The summed E-state index contributed by atoms with van der Waals surface area (Å²) in [6, 6.07) is 0. The lowest BCUT2D eigenvalue weighted by Gasteiger charge is -2.32. The van der Waals surface area contributed by atoms with Crippen molar-refractivity contribution in [2.24, 2.45) is 11.8 Å². The maximum absolute atomic E-state index is 11.4. The van der Waals surface area contributed by atoms with E-state index in [9.17, 15) is 9.90 Å². The minimum absolute atomic E-state index is 0.293. The third kappa shape index (κ3) is 2.66. The van der Waals surface area contributed by atoms with Crippen LogP contribution in [0.5, 0.6) is 0 Å². The van der Waals surface area contributed by atoms with Crippen molar-refractivity contribution in [1.29, 1.82) is 0 Å². The molecule has 2 atom stereocenters. The van der Waals surface area contributed by atoms with E-state index in [4.69, 9.17) is 4.98 Å². The molecule has 4 rings (SSSR count). The van der Waals surface area contributed by atoms with Crippen molar-refractivity contribution in [1.82, 2.24) is 9.97 Å². The SMILES string of the molecule is Cc1nc(N2CCCC(C(=O)O)C2)c2c3c(sc2n1)CC(C)CC3. The van der Waals surface area contributed by atoms with Crippen LogP contribution >= 0.6 is 11.3 Å². The van der Waals surface area contributed by atoms with Crippen molar-refractivity contribution in [3.8, 4) is 0 Å². The van der Waals surface area contributed by atoms with Crippen LogP contribution in [0.25, 0.3) is 10.2 Å². The normalized spacial score (nSPS) is 24.2. The van der Waals surface area contributed by atoms with E-state index in [1.165, 1.54) is 22.2 Å². The van der Waals surface area contributed by atoms with Crippen LogP contribution in [0.2, 0.25) is 0 Å². The molecule has 1 N–H and O–H groups in total. The largest absolute Gasteiger partial charge is 0.481 e. The van der Waals surface area contributed by atoms with Crippen LogP contribution in [0.4, 0.5) is 5.82 Å². The van der Waals surface area contributed by atoms with Crippen LogP contribution in [-0.2, 0) is 17.6 Å². The van der Waals surface area contributed by atoms with Crippen LogP contribution in [0.15, 0.2) is 0 Å². The van der Waals surface area contributed by atoms with E-state index < -0.39 is 5.97 Å². The highest BCUT2D eigenvalue weighted by Crippen LogP contribution is 2.41. The first-order chi connectivity index (χ1) is 11.5. The Bertz CT molecular complexity index is 801. The average molecular weight is 345 g/mol. The summed E-state index contributed by atoms with van der Waals surface area (Å²) < 4.78 is 0. The number of hydrogen-bond acceptors (Lipinski definition) is 5. The molecule has 1 saturated heterocycles. The molecule has 0 saturated carbocycles. The highest BCUT2D eigenvalue weighted by atomic mass is 32.1. The summed E-state index contributed by atoms with van der Waals surface area (Å²) in [7, 11) is 0. The number of fused-ring (bicyclic) bond motifs is 3. The van der Waals surface area contributed by atoms with Crippen LogP contribution in [-0.4, -0.2) is 34.1 Å². The molecule has 6 heteroatoms. The maximum atomic E-state index is 11.4. The van der Waals surface area contributed by atoms with E-state index in [1.807, 2.05) is 18.3 Å². The van der Waals surface area contributed by atoms with E-state index in [1.54, 1.807) is 0 Å². The first-order valence-electron chi connectivity index (χ1n) is 8.79. The second kappa shape index (κ2) is 5.99. The number of nitrogens with zero attached hydrogens (tertiary/aromatic N) is 3. The van der Waals surface area contributed by atoms with Crippen molar-refractivity contribution in [2.75, 3.05) is 18.0 Å². The van der Waals surface area contributed by atoms with Gasteiger partial charge in [-0.1, -0.05) is 6.92 Å². The molecule has 2 aliphatic rings. The molecule has 0 spiro atoms. The van der Waals surface area contributed by atoms with Crippen LogP contribution < -0.4 is 4.90 Å². The van der Waals surface area contributed by atoms with E-state index in [2.05, 4.69) is 16.8 Å². The Morgan fingerprint density at radius 3 is 2.96 bits per heavy atom. The Balaban J connectivity index is 1.81. The molecule has 2 unspecified atom stereocenters. The number of carboxylic acids is 1. The lowest BCUT2D eigenvalue weighted by molar-refractivity contribution is -0.141. The molecule has 0 aromatic carbocycles. The lowest BCUT2D eigenvalue weighted by Crippen LogP contribution is -2.39. The molecule has 1 aliphatic heterocycles. The Morgan fingerprint density at radius 2 is 2.17 bits per heavy atom. The highest BCUT2D eigenvalue weighted by molar-refractivity contribution is 7.19. The number of rotatable bonds is 2. The van der Waals surface area contributed by atoms with Gasteiger partial charge in [-0.05, 0) is 50.5 Å². The summed E-state index contributed by atoms with van der Waals surface area (Å²) in [4.78, 5) is 25.6. The highest BCUT2D eigenvalue weighted by Gasteiger charge is 2.30. The predicted molar refractivity (Wildman–Crippen MR) is 95.9 cm³/mol. The van der Waals surface area contributed by atoms with Crippen molar-refractivity contribution in [2.45, 2.75) is 46.0 Å². The zero-order valence-corrected chi connectivity index (χ0v) is 15.0. The topological polar surface area (TPSA) is 66.3 Å². The summed E-state index contributed by atoms with van der Waals surface area (Å²) in [5, 5.41) is 10.6. The third-order valence-corrected chi connectivity index (χ3v) is 6.47. The molecule has 1 fully saturated rings. The van der Waals surface area contributed by atoms with Gasteiger partial charge in [-0.25, -0.2) is 9.97 Å². The molecule has 24 heavy (non-hydrogen) atoms. The molecule has 3 heterocycles. The number of carboxylic acid groups (broad SMARTS) is 1. The smallest absolute Gasteiger partial charge is 0.308 e. The number of hydrogen-bond donors (Lipinski definition) is 1. The van der Waals surface area contributed by atoms with Gasteiger partial charge in [0.1, 0.15) is 16.5 Å². The summed E-state index contributed by atoms with van der Waals surface area (Å²) >= 11 is 1.81. The monoisotopic (exact) mass is 345 g/mol. The molecular formula is C18H23N3O2S. The van der Waals surface area contributed by atoms with Gasteiger partial charge in [0.25, 0.3) is 0 Å². The molecule has 5 nitrogen and oxygen atoms in total. The van der Waals surface area contributed by atoms with E-state index in [0.717, 1.165) is 54.6 Å². The zero-order chi connectivity index (χ0) is 16.8. The molecular weight excluding hydrogens is 322 g/mol. The van der Waals surface area contributed by atoms with Crippen molar-refractivity contribution >= 4 is 33.3 Å². The van der Waals surface area contributed by atoms with Crippen LogP contribution in [0.1, 0.15) is 42.5 Å². The van der Waals surface area contributed by atoms with Gasteiger partial charge in [-0.3, -0.25) is 4.79 Å². The molecule has 1 aliphatic carbocycles. The third-order valence-electron chi connectivity index (χ3n) is 5.32. The quantitative estimate of drug-likeness (QED) is 0.903. The molecule has 2 aromatic rings. The van der Waals surface area contributed by atoms with Gasteiger partial charge in [0.05, 0.1) is 11.3 Å². The van der Waals surface area contributed by atoms with Gasteiger partial charge in [0, 0.05) is 18.0 Å². The fourth-order valence-corrected chi connectivity index (χ4v) is 5.45. The number of aromatic nitrogens is 2. The fourth-order valence-electron chi connectivity index (χ4n) is 4.03. The van der Waals surface area contributed by atoms with Gasteiger partial charge in [0.2, 0.25) is 0 Å². The molecule has 128 valence electrons. The van der Waals surface area contributed by atoms with E-state index in [-0.39, 0.29) is 5.92 Å². The Hall–Kier alpha value is -1.69. The molecule has 2 aromatic heterocycles. The first-order valence-corrected chi connectivity index (χ1v) is 9.61.